The molecule has 5 aromatic rings. The zero-order valence-electron chi connectivity index (χ0n) is 20.8. The van der Waals surface area contributed by atoms with Crippen LogP contribution in [0.25, 0.3) is 44.0 Å². The zero-order valence-corrected chi connectivity index (χ0v) is 21.6. The van der Waals surface area contributed by atoms with Crippen LogP contribution in [-0.2, 0) is 16.6 Å². The maximum atomic E-state index is 14.0. The Kier molecular flexibility index (Phi) is 5.80. The fourth-order valence-electron chi connectivity index (χ4n) is 5.50. The van der Waals surface area contributed by atoms with Gasteiger partial charge in [0, 0.05) is 40.3 Å². The molecular formula is C29H25FN4O3S. The number of aromatic nitrogens is 3. The number of halogens is 1. The minimum Gasteiger partial charge on any atom is -0.340 e. The average Bonchev–Trinajstić information content (AvgIpc) is 3.26. The van der Waals surface area contributed by atoms with Crippen LogP contribution in [0.4, 0.5) is 3.89 Å². The number of hydrogen-bond donors (Lipinski definition) is 1. The van der Waals surface area contributed by atoms with Gasteiger partial charge in [-0.3, -0.25) is 9.78 Å². The first-order valence-corrected chi connectivity index (χ1v) is 14.1. The zero-order chi connectivity index (χ0) is 26.6. The maximum absolute atomic E-state index is 14.0. The summed E-state index contributed by atoms with van der Waals surface area (Å²) < 4.78 is 39.3. The first-order chi connectivity index (χ1) is 18.3. The van der Waals surface area contributed by atoms with Gasteiger partial charge in [0.05, 0.1) is 22.5 Å². The minimum absolute atomic E-state index is 0.0935. The van der Waals surface area contributed by atoms with Crippen molar-refractivity contribution < 1.29 is 12.3 Å². The first-order valence-electron chi connectivity index (χ1n) is 12.8. The van der Waals surface area contributed by atoms with Gasteiger partial charge in [-0.05, 0) is 73.6 Å². The van der Waals surface area contributed by atoms with E-state index in [0.29, 0.717) is 34.0 Å². The van der Waals surface area contributed by atoms with E-state index in [2.05, 4.69) is 27.5 Å². The number of nitrogens with zero attached hydrogens (tertiary/aromatic N) is 3. The molecule has 1 N–H and O–H groups in total. The third kappa shape index (κ3) is 3.87. The molecule has 0 unspecified atom stereocenters. The molecule has 1 saturated carbocycles. The van der Waals surface area contributed by atoms with Crippen molar-refractivity contribution in [3.8, 4) is 17.2 Å². The summed E-state index contributed by atoms with van der Waals surface area (Å²) in [5, 5.41) is 11.4. The number of nitriles is 1. The summed E-state index contributed by atoms with van der Waals surface area (Å²) in [6, 6.07) is 12.8. The van der Waals surface area contributed by atoms with Crippen molar-refractivity contribution in [1.29, 1.82) is 5.26 Å². The highest BCUT2D eigenvalue weighted by atomic mass is 32.3. The number of fused-ring (bicyclic) bond motifs is 4. The van der Waals surface area contributed by atoms with Crippen LogP contribution in [0.1, 0.15) is 56.2 Å². The van der Waals surface area contributed by atoms with Gasteiger partial charge >= 0.3 is 10.2 Å². The maximum Gasteiger partial charge on any atom is 0.333 e. The molecule has 7 nitrogen and oxygen atoms in total. The van der Waals surface area contributed by atoms with Crippen LogP contribution in [0.2, 0.25) is 0 Å². The highest BCUT2D eigenvalue weighted by Gasteiger charge is 2.26. The quantitative estimate of drug-likeness (QED) is 0.260. The lowest BCUT2D eigenvalue weighted by Gasteiger charge is -2.31. The molecule has 6 rings (SSSR count). The van der Waals surface area contributed by atoms with Crippen LogP contribution in [0.3, 0.4) is 0 Å². The van der Waals surface area contributed by atoms with E-state index in [0.717, 1.165) is 65.8 Å². The molecule has 38 heavy (non-hydrogen) atoms. The van der Waals surface area contributed by atoms with Gasteiger partial charge in [-0.2, -0.15) is 13.7 Å². The number of hydrogen-bond acceptors (Lipinski definition) is 5. The minimum atomic E-state index is -4.92. The van der Waals surface area contributed by atoms with Gasteiger partial charge < -0.3 is 9.55 Å². The van der Waals surface area contributed by atoms with E-state index in [9.17, 15) is 22.4 Å². The normalized spacial score (nSPS) is 14.2. The van der Waals surface area contributed by atoms with Gasteiger partial charge in [0.1, 0.15) is 10.5 Å². The van der Waals surface area contributed by atoms with E-state index in [1.165, 1.54) is 12.3 Å². The van der Waals surface area contributed by atoms with Crippen LogP contribution < -0.4 is 5.43 Å². The van der Waals surface area contributed by atoms with Crippen LogP contribution in [0, 0.1) is 11.3 Å². The van der Waals surface area contributed by atoms with Gasteiger partial charge in [0.2, 0.25) is 0 Å². The number of pyridine rings is 2. The van der Waals surface area contributed by atoms with Gasteiger partial charge in [0.15, 0.2) is 5.43 Å². The molecular weight excluding hydrogens is 503 g/mol. The molecule has 0 atom stereocenters. The lowest BCUT2D eigenvalue weighted by atomic mass is 9.90. The SMILES string of the molecule is CCCCc1cc2c(=O)c3c4ccc(C#N)cc4[nH]c3n(C3CCC3)c2cc1-c1cncc(S(=O)(=O)F)c1. The molecule has 1 aliphatic carbocycles. The van der Waals surface area contributed by atoms with Gasteiger partial charge in [-0.15, -0.1) is 3.89 Å². The van der Waals surface area contributed by atoms with E-state index < -0.39 is 15.1 Å². The molecule has 0 bridgehead atoms. The topological polar surface area (TPSA) is 109 Å². The molecule has 0 radical (unpaired) electrons. The third-order valence-corrected chi connectivity index (χ3v) is 8.43. The number of benzene rings is 2. The van der Waals surface area contributed by atoms with Crippen molar-refractivity contribution in [2.75, 3.05) is 0 Å². The Balaban J connectivity index is 1.73. The Morgan fingerprint density at radius 2 is 1.97 bits per heavy atom. The van der Waals surface area contributed by atoms with Crippen molar-refractivity contribution in [3.05, 3.63) is 70.1 Å². The number of H-pyrrole nitrogens is 1. The largest absolute Gasteiger partial charge is 0.340 e. The number of nitrogens with one attached hydrogen (secondary N) is 1. The second-order valence-corrected chi connectivity index (χ2v) is 11.3. The average molecular weight is 529 g/mol. The van der Waals surface area contributed by atoms with Crippen molar-refractivity contribution >= 4 is 43.1 Å². The van der Waals surface area contributed by atoms with Crippen LogP contribution in [0.15, 0.2) is 58.5 Å². The lowest BCUT2D eigenvalue weighted by molar-refractivity contribution is 0.327. The number of aromatic amines is 1. The molecule has 2 aromatic carbocycles. The predicted molar refractivity (Wildman–Crippen MR) is 145 cm³/mol. The fourth-order valence-corrected chi connectivity index (χ4v) is 5.95. The molecule has 9 heteroatoms. The predicted octanol–water partition coefficient (Wildman–Crippen LogP) is 6.30. The Morgan fingerprint density at radius 3 is 2.66 bits per heavy atom. The highest BCUT2D eigenvalue weighted by Crippen LogP contribution is 2.40. The van der Waals surface area contributed by atoms with Crippen molar-refractivity contribution in [2.45, 2.75) is 56.4 Å². The molecule has 3 heterocycles. The van der Waals surface area contributed by atoms with E-state index in [1.807, 2.05) is 18.2 Å². The van der Waals surface area contributed by atoms with E-state index in [1.54, 1.807) is 12.1 Å². The van der Waals surface area contributed by atoms with Crippen LogP contribution in [0.5, 0.6) is 0 Å². The van der Waals surface area contributed by atoms with E-state index >= 15 is 0 Å². The van der Waals surface area contributed by atoms with Crippen molar-refractivity contribution in [1.82, 2.24) is 14.5 Å². The van der Waals surface area contributed by atoms with E-state index in [4.69, 9.17) is 0 Å². The second-order valence-electron chi connectivity index (χ2n) is 9.98. The van der Waals surface area contributed by atoms with Crippen molar-refractivity contribution in [2.24, 2.45) is 0 Å². The summed E-state index contributed by atoms with van der Waals surface area (Å²) >= 11 is 0. The van der Waals surface area contributed by atoms with Gasteiger partial charge in [-0.1, -0.05) is 19.4 Å². The van der Waals surface area contributed by atoms with Crippen LogP contribution >= 0.6 is 0 Å². The Morgan fingerprint density at radius 1 is 1.16 bits per heavy atom. The Labute approximate surface area is 218 Å². The summed E-state index contributed by atoms with van der Waals surface area (Å²) in [4.78, 5) is 20.9. The number of aryl methyl sites for hydroxylation is 1. The molecule has 192 valence electrons. The smallest absolute Gasteiger partial charge is 0.333 e. The summed E-state index contributed by atoms with van der Waals surface area (Å²) in [6.45, 7) is 2.08. The summed E-state index contributed by atoms with van der Waals surface area (Å²) in [5.74, 6) is 0. The summed E-state index contributed by atoms with van der Waals surface area (Å²) in [7, 11) is -4.92. The lowest BCUT2D eigenvalue weighted by Crippen LogP contribution is -2.21. The molecule has 0 saturated heterocycles. The molecule has 1 fully saturated rings. The van der Waals surface area contributed by atoms with Crippen LogP contribution in [-0.4, -0.2) is 23.0 Å². The van der Waals surface area contributed by atoms with Gasteiger partial charge in [-0.25, -0.2) is 0 Å². The highest BCUT2D eigenvalue weighted by molar-refractivity contribution is 7.86. The molecule has 0 amide bonds. The molecule has 0 aliphatic heterocycles. The second kappa shape index (κ2) is 9.07. The standard InChI is InChI=1S/C29H25FN4O3S/c1-2-3-5-18-12-24-26(13-23(18)19-11-21(16-32-15-19)38(30,36)37)34(20-6-4-7-20)29-27(28(24)35)22-9-8-17(14-31)10-25(22)33-29/h8-13,15-16,20,33H,2-7H2,1H3. The van der Waals surface area contributed by atoms with Gasteiger partial charge in [0.25, 0.3) is 0 Å². The number of rotatable bonds is 6. The Hall–Kier alpha value is -4.03. The molecule has 3 aromatic heterocycles. The van der Waals surface area contributed by atoms with E-state index in [-0.39, 0.29) is 11.5 Å². The first kappa shape index (κ1) is 24.3. The molecule has 0 spiro atoms. The third-order valence-electron chi connectivity index (χ3n) is 7.65. The molecule has 1 aliphatic rings. The summed E-state index contributed by atoms with van der Waals surface area (Å²) in [5.41, 5.74) is 4.71. The van der Waals surface area contributed by atoms with Crippen molar-refractivity contribution in [3.63, 3.8) is 0 Å². The fraction of sp³-hybridized carbons (Fsp3) is 0.276. The monoisotopic (exact) mass is 528 g/mol. The Bertz CT molecular complexity index is 1960. The summed E-state index contributed by atoms with van der Waals surface area (Å²) in [6.07, 6.45) is 8.03. The number of unbranched alkanes of at least 4 members (excludes halogenated alkanes) is 1.